The van der Waals surface area contributed by atoms with E-state index in [-0.39, 0.29) is 0 Å². The van der Waals surface area contributed by atoms with Crippen molar-refractivity contribution in [2.75, 3.05) is 12.3 Å². The van der Waals surface area contributed by atoms with Gasteiger partial charge in [0.05, 0.1) is 12.2 Å². The summed E-state index contributed by atoms with van der Waals surface area (Å²) < 4.78 is 5.05. The first-order chi connectivity index (χ1) is 8.11. The number of anilines is 1. The number of rotatable bonds is 1. The molecule has 0 bridgehead atoms. The van der Waals surface area contributed by atoms with Gasteiger partial charge in [-0.15, -0.1) is 0 Å². The van der Waals surface area contributed by atoms with Crippen LogP contribution in [0, 0.1) is 0 Å². The van der Waals surface area contributed by atoms with Crippen LogP contribution in [0.4, 0.5) is 5.69 Å². The third-order valence-electron chi connectivity index (χ3n) is 2.37. The van der Waals surface area contributed by atoms with Crippen LogP contribution in [0.15, 0.2) is 41.7 Å². The van der Waals surface area contributed by atoms with Crippen LogP contribution in [-0.2, 0) is 9.53 Å². The maximum atomic E-state index is 10.4. The topological polar surface area (TPSA) is 72.5 Å². The van der Waals surface area contributed by atoms with Crippen LogP contribution in [0.5, 0.6) is 0 Å². The van der Waals surface area contributed by atoms with Crippen molar-refractivity contribution in [1.82, 2.24) is 0 Å². The number of carboxylic acid groups (broad SMARTS) is 1. The van der Waals surface area contributed by atoms with E-state index in [0.717, 1.165) is 12.1 Å². The smallest absolute Gasteiger partial charge is 0.334 e. The highest BCUT2D eigenvalue weighted by Gasteiger charge is 2.15. The summed E-state index contributed by atoms with van der Waals surface area (Å²) in [6.07, 6.45) is 1.46. The summed E-state index contributed by atoms with van der Waals surface area (Å²) in [7, 11) is 0. The largest absolute Gasteiger partial charge is 0.498 e. The molecule has 1 aromatic carbocycles. The molecule has 0 radical (unpaired) electrons. The van der Waals surface area contributed by atoms with Gasteiger partial charge in [0.1, 0.15) is 5.76 Å². The van der Waals surface area contributed by atoms with Crippen molar-refractivity contribution in [3.8, 4) is 0 Å². The van der Waals surface area contributed by atoms with Crippen molar-refractivity contribution >= 4 is 11.7 Å². The molecule has 92 valence electrons. The third-order valence-corrected chi connectivity index (χ3v) is 2.37. The molecule has 0 atom stereocenters. The summed E-state index contributed by atoms with van der Waals surface area (Å²) in [5.41, 5.74) is 6.60. The summed E-state index contributed by atoms with van der Waals surface area (Å²) in [6, 6.07) is 9.49. The molecule has 0 spiro atoms. The average molecular weight is 235 g/mol. The number of hydrogen-bond donors (Lipinski definition) is 2. The molecule has 3 N–H and O–H groups in total. The molecule has 4 heteroatoms. The Balaban J connectivity index is 0.000000181. The predicted octanol–water partition coefficient (Wildman–Crippen LogP) is 2.42. The van der Waals surface area contributed by atoms with Crippen molar-refractivity contribution in [3.63, 3.8) is 0 Å². The lowest BCUT2D eigenvalue weighted by atomic mass is 10.1. The van der Waals surface area contributed by atoms with Crippen LogP contribution in [0.2, 0.25) is 0 Å². The molecule has 0 aliphatic carbocycles. The van der Waals surface area contributed by atoms with E-state index in [1.54, 1.807) is 6.92 Å². The van der Waals surface area contributed by atoms with Gasteiger partial charge < -0.3 is 15.6 Å². The molecule has 17 heavy (non-hydrogen) atoms. The van der Waals surface area contributed by atoms with Crippen molar-refractivity contribution in [1.29, 1.82) is 0 Å². The molecule has 1 aliphatic heterocycles. The number of aliphatic carboxylic acids is 1. The quantitative estimate of drug-likeness (QED) is 0.733. The number of allylic oxidation sites excluding steroid dienone is 1. The molecule has 4 nitrogen and oxygen atoms in total. The lowest BCUT2D eigenvalue weighted by Crippen LogP contribution is -2.11. The molecule has 1 heterocycles. The van der Waals surface area contributed by atoms with E-state index in [1.807, 2.05) is 30.3 Å². The molecule has 1 aliphatic rings. The average Bonchev–Trinajstić information content (AvgIpc) is 2.31. The number of hydrogen-bond acceptors (Lipinski definition) is 3. The maximum absolute atomic E-state index is 10.4. The van der Waals surface area contributed by atoms with Gasteiger partial charge in [-0.2, -0.15) is 0 Å². The van der Waals surface area contributed by atoms with E-state index < -0.39 is 5.97 Å². The lowest BCUT2D eigenvalue weighted by molar-refractivity contribution is -0.133. The Morgan fingerprint density at radius 3 is 2.35 bits per heavy atom. The van der Waals surface area contributed by atoms with E-state index in [1.165, 1.54) is 0 Å². The molecule has 2 rings (SSSR count). The second-order valence-corrected chi connectivity index (χ2v) is 3.70. The fourth-order valence-electron chi connectivity index (χ4n) is 1.45. The van der Waals surface area contributed by atoms with Gasteiger partial charge in [0.15, 0.2) is 0 Å². The van der Waals surface area contributed by atoms with E-state index in [9.17, 15) is 4.79 Å². The molecule has 0 fully saturated rings. The zero-order valence-corrected chi connectivity index (χ0v) is 9.85. The number of benzene rings is 1. The Hall–Kier alpha value is -1.97. The number of nitrogens with two attached hydrogens (primary N) is 1. The first-order valence-corrected chi connectivity index (χ1v) is 5.47. The monoisotopic (exact) mass is 235 g/mol. The fraction of sp³-hybridized carbons (Fsp3) is 0.308. The molecule has 0 amide bonds. The van der Waals surface area contributed by atoms with E-state index >= 15 is 0 Å². The fourth-order valence-corrected chi connectivity index (χ4v) is 1.45. The second-order valence-electron chi connectivity index (χ2n) is 3.70. The van der Waals surface area contributed by atoms with Crippen LogP contribution in [0.1, 0.15) is 19.8 Å². The van der Waals surface area contributed by atoms with Crippen LogP contribution >= 0.6 is 0 Å². The number of carbonyl (C=O) groups is 1. The van der Waals surface area contributed by atoms with Gasteiger partial charge >= 0.3 is 5.97 Å². The SMILES string of the molecule is CC1=C(C(=O)O)CCCO1.Nc1ccccc1. The molecule has 0 saturated heterocycles. The number of carboxylic acids is 1. The third kappa shape index (κ3) is 4.59. The summed E-state index contributed by atoms with van der Waals surface area (Å²) >= 11 is 0. The molecule has 0 unspecified atom stereocenters. The predicted molar refractivity (Wildman–Crippen MR) is 66.4 cm³/mol. The zero-order valence-electron chi connectivity index (χ0n) is 9.85. The first kappa shape index (κ1) is 13.1. The normalized spacial score (nSPS) is 14.4. The van der Waals surface area contributed by atoms with Crippen LogP contribution in [0.25, 0.3) is 0 Å². The first-order valence-electron chi connectivity index (χ1n) is 5.47. The minimum Gasteiger partial charge on any atom is -0.498 e. The van der Waals surface area contributed by atoms with E-state index in [4.69, 9.17) is 15.6 Å². The van der Waals surface area contributed by atoms with Crippen LogP contribution < -0.4 is 5.73 Å². The molecule has 0 saturated carbocycles. The molecular formula is C13H17NO3. The number of nitrogen functional groups attached to an aromatic ring is 1. The second kappa shape index (κ2) is 6.58. The molecule has 0 aromatic heterocycles. The Morgan fingerprint density at radius 2 is 2.00 bits per heavy atom. The highest BCUT2D eigenvalue weighted by atomic mass is 16.5. The summed E-state index contributed by atoms with van der Waals surface area (Å²) in [4.78, 5) is 10.4. The van der Waals surface area contributed by atoms with Gasteiger partial charge in [-0.1, -0.05) is 18.2 Å². The Bertz CT molecular complexity index is 398. The van der Waals surface area contributed by atoms with Crippen LogP contribution in [-0.4, -0.2) is 17.7 Å². The van der Waals surface area contributed by atoms with Crippen molar-refractivity contribution in [2.45, 2.75) is 19.8 Å². The van der Waals surface area contributed by atoms with Gasteiger partial charge in [-0.25, -0.2) is 4.79 Å². The van der Waals surface area contributed by atoms with E-state index in [0.29, 0.717) is 24.4 Å². The summed E-state index contributed by atoms with van der Waals surface area (Å²) in [6.45, 7) is 2.35. The van der Waals surface area contributed by atoms with Gasteiger partial charge in [0.25, 0.3) is 0 Å². The Labute approximate surface area is 101 Å². The standard InChI is InChI=1S/C7H10O3.C6H7N/c1-5-6(7(8)9)3-2-4-10-5;7-6-4-2-1-3-5-6/h2-4H2,1H3,(H,8,9);1-5H,7H2. The summed E-state index contributed by atoms with van der Waals surface area (Å²) in [5, 5.41) is 8.57. The van der Waals surface area contributed by atoms with Crippen LogP contribution in [0.3, 0.4) is 0 Å². The Kier molecular flexibility index (Phi) is 5.07. The minimum atomic E-state index is -0.850. The lowest BCUT2D eigenvalue weighted by Gasteiger charge is -2.15. The number of para-hydroxylation sites is 1. The van der Waals surface area contributed by atoms with Gasteiger partial charge in [0, 0.05) is 5.69 Å². The Morgan fingerprint density at radius 1 is 1.35 bits per heavy atom. The molecule has 1 aromatic rings. The van der Waals surface area contributed by atoms with Gasteiger partial charge in [0.2, 0.25) is 0 Å². The highest BCUT2D eigenvalue weighted by Crippen LogP contribution is 2.18. The summed E-state index contributed by atoms with van der Waals surface area (Å²) in [5.74, 6) is -0.282. The highest BCUT2D eigenvalue weighted by molar-refractivity contribution is 5.87. The minimum absolute atomic E-state index is 0.422. The van der Waals surface area contributed by atoms with E-state index in [2.05, 4.69) is 0 Å². The number of ether oxygens (including phenoxy) is 1. The van der Waals surface area contributed by atoms with Crippen molar-refractivity contribution in [2.24, 2.45) is 0 Å². The van der Waals surface area contributed by atoms with Gasteiger partial charge in [-0.3, -0.25) is 0 Å². The van der Waals surface area contributed by atoms with Crippen molar-refractivity contribution < 1.29 is 14.6 Å². The van der Waals surface area contributed by atoms with Crippen molar-refractivity contribution in [3.05, 3.63) is 41.7 Å². The zero-order chi connectivity index (χ0) is 12.7. The maximum Gasteiger partial charge on any atom is 0.334 e. The van der Waals surface area contributed by atoms with Gasteiger partial charge in [-0.05, 0) is 31.9 Å². The molecular weight excluding hydrogens is 218 g/mol.